The zero-order valence-corrected chi connectivity index (χ0v) is 15.6. The molecule has 6 N–H and O–H groups in total. The second-order valence-electron chi connectivity index (χ2n) is 6.50. The highest BCUT2D eigenvalue weighted by Crippen LogP contribution is 2.32. The lowest BCUT2D eigenvalue weighted by molar-refractivity contribution is -0.117. The monoisotopic (exact) mass is 353 g/mol. The molecule has 0 bridgehead atoms. The molecule has 1 atom stereocenters. The lowest BCUT2D eigenvalue weighted by Crippen LogP contribution is -2.40. The number of hydrogen-bond donors (Lipinski definition) is 3. The molecule has 0 spiro atoms. The molecule has 0 radical (unpaired) electrons. The quantitative estimate of drug-likeness (QED) is 0.729. The summed E-state index contributed by atoms with van der Waals surface area (Å²) in [7, 11) is 0. The fourth-order valence-corrected chi connectivity index (χ4v) is 2.99. The number of nitrogens with zero attached hydrogens (tertiary/aromatic N) is 2. The minimum absolute atomic E-state index is 0.0820. The summed E-state index contributed by atoms with van der Waals surface area (Å²) in [5.41, 5.74) is 21.3. The van der Waals surface area contributed by atoms with E-state index in [1.54, 1.807) is 19.2 Å². The minimum atomic E-state index is 0.0820. The van der Waals surface area contributed by atoms with Gasteiger partial charge in [0, 0.05) is 31.0 Å². The lowest BCUT2D eigenvalue weighted by atomic mass is 9.94. The molecule has 6 nitrogen and oxygen atoms in total. The molecular weight excluding hydrogens is 326 g/mol. The van der Waals surface area contributed by atoms with Gasteiger partial charge in [-0.05, 0) is 61.6 Å². The predicted octanol–water partition coefficient (Wildman–Crippen LogP) is 2.56. The summed E-state index contributed by atoms with van der Waals surface area (Å²) < 4.78 is 0. The van der Waals surface area contributed by atoms with Crippen LogP contribution in [0.1, 0.15) is 37.0 Å². The number of benzene rings is 1. The maximum Gasteiger partial charge on any atom is 0.224 e. The van der Waals surface area contributed by atoms with Gasteiger partial charge in [-0.1, -0.05) is 12.1 Å². The average molecular weight is 353 g/mol. The number of aromatic nitrogens is 1. The fraction of sp³-hybridized carbons (Fsp3) is 0.300. The number of aryl methyl sites for hydroxylation is 2. The van der Waals surface area contributed by atoms with E-state index in [2.05, 4.69) is 11.9 Å². The Labute approximate surface area is 154 Å². The van der Waals surface area contributed by atoms with Gasteiger partial charge in [0.2, 0.25) is 5.91 Å². The second kappa shape index (κ2) is 8.38. The first-order chi connectivity index (χ1) is 12.3. The molecule has 0 unspecified atom stereocenters. The van der Waals surface area contributed by atoms with Crippen molar-refractivity contribution in [3.05, 3.63) is 59.4 Å². The zero-order valence-electron chi connectivity index (χ0n) is 15.6. The highest BCUT2D eigenvalue weighted by atomic mass is 16.2. The van der Waals surface area contributed by atoms with Crippen LogP contribution in [0.4, 0.5) is 11.5 Å². The average Bonchev–Trinajstić information content (AvgIpc) is 2.63. The Morgan fingerprint density at radius 3 is 2.58 bits per heavy atom. The number of nitrogen functional groups attached to an aromatic ring is 1. The summed E-state index contributed by atoms with van der Waals surface area (Å²) in [5, 5.41) is 0. The van der Waals surface area contributed by atoms with Crippen molar-refractivity contribution in [2.75, 3.05) is 10.6 Å². The standard InChI is InChI=1S/C14H19N3O.C6H8N2/c1-9-3-4-12-7-11(13(16)8-15)5-6-14(12)17(9)10(2)18;1-5-2-3-6(7)8-4-5/h5-9H,3-4,15-16H2,1-2H3;2-4H,1H3,(H2,7,8)/b13-8-;/t9-;/m0./s1. The number of nitrogens with two attached hydrogens (primary N) is 3. The van der Waals surface area contributed by atoms with E-state index in [-0.39, 0.29) is 11.9 Å². The van der Waals surface area contributed by atoms with E-state index in [1.807, 2.05) is 36.1 Å². The van der Waals surface area contributed by atoms with E-state index in [1.165, 1.54) is 6.20 Å². The van der Waals surface area contributed by atoms with E-state index in [0.29, 0.717) is 11.5 Å². The largest absolute Gasteiger partial charge is 0.403 e. The van der Waals surface area contributed by atoms with Crippen LogP contribution >= 0.6 is 0 Å². The summed E-state index contributed by atoms with van der Waals surface area (Å²) >= 11 is 0. The van der Waals surface area contributed by atoms with Gasteiger partial charge in [-0.3, -0.25) is 4.79 Å². The first kappa shape index (κ1) is 19.3. The topological polar surface area (TPSA) is 111 Å². The van der Waals surface area contributed by atoms with Gasteiger partial charge in [-0.15, -0.1) is 0 Å². The molecule has 2 aromatic rings. The molecular formula is C20H27N5O. The Hall–Kier alpha value is -3.02. The van der Waals surface area contributed by atoms with E-state index in [4.69, 9.17) is 17.2 Å². The van der Waals surface area contributed by atoms with Crippen molar-refractivity contribution >= 4 is 23.1 Å². The van der Waals surface area contributed by atoms with Gasteiger partial charge in [-0.2, -0.15) is 0 Å². The third kappa shape index (κ3) is 4.53. The Balaban J connectivity index is 0.000000254. The third-order valence-corrected chi connectivity index (χ3v) is 4.40. The Morgan fingerprint density at radius 1 is 1.31 bits per heavy atom. The van der Waals surface area contributed by atoms with E-state index >= 15 is 0 Å². The molecule has 1 aliphatic rings. The highest BCUT2D eigenvalue weighted by molar-refractivity contribution is 5.93. The molecule has 0 saturated carbocycles. The number of hydrogen-bond acceptors (Lipinski definition) is 5. The van der Waals surface area contributed by atoms with Crippen molar-refractivity contribution in [1.82, 2.24) is 4.98 Å². The van der Waals surface area contributed by atoms with Gasteiger partial charge in [0.1, 0.15) is 5.82 Å². The molecule has 1 aromatic carbocycles. The van der Waals surface area contributed by atoms with Crippen molar-refractivity contribution < 1.29 is 4.79 Å². The van der Waals surface area contributed by atoms with Crippen LogP contribution in [0, 0.1) is 6.92 Å². The molecule has 0 fully saturated rings. The van der Waals surface area contributed by atoms with Crippen LogP contribution < -0.4 is 22.1 Å². The smallest absolute Gasteiger partial charge is 0.224 e. The van der Waals surface area contributed by atoms with Gasteiger partial charge in [-0.25, -0.2) is 4.98 Å². The molecule has 1 aliphatic heterocycles. The summed E-state index contributed by atoms with van der Waals surface area (Å²) in [6, 6.07) is 9.86. The SMILES string of the molecule is CC(=O)N1c2ccc(/C(N)=C/N)cc2CC[C@@H]1C.Cc1ccc(N)nc1. The Kier molecular flexibility index (Phi) is 6.22. The number of carbonyl (C=O) groups is 1. The van der Waals surface area contributed by atoms with Crippen LogP contribution in [0.2, 0.25) is 0 Å². The van der Waals surface area contributed by atoms with Crippen molar-refractivity contribution in [2.24, 2.45) is 11.5 Å². The summed E-state index contributed by atoms with van der Waals surface area (Å²) in [4.78, 5) is 17.4. The molecule has 1 aromatic heterocycles. The van der Waals surface area contributed by atoms with Crippen LogP contribution in [0.25, 0.3) is 5.70 Å². The fourth-order valence-electron chi connectivity index (χ4n) is 2.99. The molecule has 2 heterocycles. The molecule has 1 amide bonds. The number of carbonyl (C=O) groups excluding carboxylic acids is 1. The molecule has 138 valence electrons. The van der Waals surface area contributed by atoms with E-state index < -0.39 is 0 Å². The van der Waals surface area contributed by atoms with E-state index in [0.717, 1.165) is 35.2 Å². The van der Waals surface area contributed by atoms with Gasteiger partial charge >= 0.3 is 0 Å². The number of amides is 1. The molecule has 6 heteroatoms. The number of rotatable bonds is 1. The first-order valence-electron chi connectivity index (χ1n) is 8.62. The second-order valence-corrected chi connectivity index (χ2v) is 6.50. The molecule has 0 saturated heterocycles. The van der Waals surface area contributed by atoms with Gasteiger partial charge in [0.05, 0.1) is 5.70 Å². The zero-order chi connectivity index (χ0) is 19.3. The predicted molar refractivity (Wildman–Crippen MR) is 107 cm³/mol. The molecule has 3 rings (SSSR count). The van der Waals surface area contributed by atoms with E-state index in [9.17, 15) is 4.79 Å². The number of pyridine rings is 1. The maximum absolute atomic E-state index is 11.7. The number of anilines is 2. The Morgan fingerprint density at radius 2 is 2.04 bits per heavy atom. The van der Waals surface area contributed by atoms with Crippen LogP contribution in [0.5, 0.6) is 0 Å². The third-order valence-electron chi connectivity index (χ3n) is 4.40. The van der Waals surface area contributed by atoms with Crippen molar-refractivity contribution in [1.29, 1.82) is 0 Å². The van der Waals surface area contributed by atoms with Crippen LogP contribution in [0.15, 0.2) is 42.7 Å². The summed E-state index contributed by atoms with van der Waals surface area (Å²) in [6.07, 6.45) is 5.08. The van der Waals surface area contributed by atoms with Crippen molar-refractivity contribution in [2.45, 2.75) is 39.7 Å². The van der Waals surface area contributed by atoms with Crippen LogP contribution in [-0.4, -0.2) is 16.9 Å². The van der Waals surface area contributed by atoms with Gasteiger partial charge < -0.3 is 22.1 Å². The molecule has 26 heavy (non-hydrogen) atoms. The number of fused-ring (bicyclic) bond motifs is 1. The summed E-state index contributed by atoms with van der Waals surface area (Å²) in [6.45, 7) is 5.66. The maximum atomic E-state index is 11.7. The normalized spacial score (nSPS) is 16.3. The lowest BCUT2D eigenvalue weighted by Gasteiger charge is -2.34. The van der Waals surface area contributed by atoms with Gasteiger partial charge in [0.15, 0.2) is 0 Å². The van der Waals surface area contributed by atoms with Crippen LogP contribution in [-0.2, 0) is 11.2 Å². The van der Waals surface area contributed by atoms with Crippen molar-refractivity contribution in [3.63, 3.8) is 0 Å². The minimum Gasteiger partial charge on any atom is -0.403 e. The van der Waals surface area contributed by atoms with Crippen LogP contribution in [0.3, 0.4) is 0 Å². The van der Waals surface area contributed by atoms with Crippen molar-refractivity contribution in [3.8, 4) is 0 Å². The highest BCUT2D eigenvalue weighted by Gasteiger charge is 2.26. The molecule has 0 aliphatic carbocycles. The van der Waals surface area contributed by atoms with Gasteiger partial charge in [0.25, 0.3) is 0 Å². The Bertz CT molecular complexity index is 777. The summed E-state index contributed by atoms with van der Waals surface area (Å²) in [5.74, 6) is 0.661. The first-order valence-corrected chi connectivity index (χ1v) is 8.62.